The lowest BCUT2D eigenvalue weighted by atomic mass is 11.8. The Bertz CT molecular complexity index is 2770. The fourth-order valence-electron chi connectivity index (χ4n) is 14.3. The van der Waals surface area contributed by atoms with E-state index in [1.807, 2.05) is 282 Å². The molecule has 0 aliphatic carbocycles. The van der Waals surface area contributed by atoms with Crippen molar-refractivity contribution in [3.05, 3.63) is 0 Å². The monoisotopic (exact) mass is 2860 g/mol. The Morgan fingerprint density at radius 3 is 0.139 bits per heavy atom. The van der Waals surface area contributed by atoms with E-state index < -0.39 is 434 Å². The van der Waals surface area contributed by atoms with Crippen LogP contribution >= 0.6 is 0 Å². The molecule has 44 unspecified atom stereocenters. The van der Waals surface area contributed by atoms with E-state index in [-0.39, 0.29) is 0 Å². The van der Waals surface area contributed by atoms with E-state index in [0.717, 1.165) is 0 Å². The predicted molar refractivity (Wildman–Crippen MR) is 682 cm³/mol. The number of rotatable bonds is 92. The second-order valence-corrected chi connectivity index (χ2v) is 145. The zero-order chi connectivity index (χ0) is 111. The third-order valence-electron chi connectivity index (χ3n) is 17.9. The van der Waals surface area contributed by atoms with Crippen LogP contribution in [0, 0.1) is 0 Å². The molecule has 0 heterocycles. The van der Waals surface area contributed by atoms with Crippen molar-refractivity contribution in [2.24, 2.45) is 0 Å². The van der Waals surface area contributed by atoms with Gasteiger partial charge in [-0.05, 0) is 334 Å². The highest BCUT2D eigenvalue weighted by atomic mass is 28.5. The van der Waals surface area contributed by atoms with Crippen molar-refractivity contribution in [1.82, 2.24) is 0 Å². The molecule has 0 rings (SSSR count). The Kier molecular flexibility index (Phi) is 89.3. The molecule has 0 amide bonds. The summed E-state index contributed by atoms with van der Waals surface area (Å²) in [6.45, 7) is 104. The molecule has 0 spiro atoms. The van der Waals surface area contributed by atoms with Crippen molar-refractivity contribution in [3.8, 4) is 0 Å². The lowest BCUT2D eigenvalue weighted by Gasteiger charge is -2.28. The molecule has 0 bridgehead atoms. The molecule has 93 heteroatoms. The van der Waals surface area contributed by atoms with Gasteiger partial charge < -0.3 is 189 Å². The van der Waals surface area contributed by atoms with Gasteiger partial charge >= 0.3 is 0 Å². The third kappa shape index (κ3) is 88.8. The van der Waals surface area contributed by atoms with Gasteiger partial charge in [0.15, 0.2) is 16.6 Å². The van der Waals surface area contributed by atoms with Crippen molar-refractivity contribution >= 4 is 434 Å². The quantitative estimate of drug-likeness (QED) is 0.0538. The zero-order valence-electron chi connectivity index (χ0n) is 96.8. The minimum atomic E-state index is -2.08. The fraction of sp³-hybridized carbons (Fsp3) is 1.00. The van der Waals surface area contributed by atoms with Gasteiger partial charge in [-0.1, -0.05) is 0 Å². The van der Waals surface area contributed by atoms with Crippen LogP contribution in [0.2, 0.25) is 334 Å². The molecule has 0 saturated heterocycles. The van der Waals surface area contributed by atoms with E-state index in [9.17, 15) is 0 Å². The molecule has 144 heavy (non-hydrogen) atoms. The topological polar surface area (TPSA) is 425 Å². The number of hydrogen-bond donors (Lipinski definition) is 0. The Morgan fingerprint density at radius 1 is 0.0694 bits per heavy atom. The Hall–Kier alpha value is 8.35. The van der Waals surface area contributed by atoms with Crippen molar-refractivity contribution in [2.45, 2.75) is 334 Å². The first-order valence-corrected chi connectivity index (χ1v) is 152. The summed E-state index contributed by atoms with van der Waals surface area (Å²) in [6.07, 6.45) is 0. The van der Waals surface area contributed by atoms with Gasteiger partial charge in [0.1, 0.15) is 0 Å². The average Bonchev–Trinajstić information content (AvgIpc) is 0.863. The molecule has 0 fully saturated rings. The highest BCUT2D eigenvalue weighted by Gasteiger charge is 2.37. The van der Waals surface area contributed by atoms with Gasteiger partial charge in [0, 0.05) is 0 Å². The molecule has 0 N–H and O–H groups in total. The maximum atomic E-state index is 6.36. The molecule has 0 aliphatic rings. The summed E-state index contributed by atoms with van der Waals surface area (Å²) in [5, 5.41) is 0. The van der Waals surface area contributed by atoms with E-state index in [1.54, 1.807) is 0 Å². The number of hydrogen-bond acceptors (Lipinski definition) is 46. The smallest absolute Gasteiger partial charge is 0.300 e. The maximum absolute atomic E-state index is 6.36. The normalized spacial score (nSPS) is 22.4. The average molecular weight is 2870 g/mol. The summed E-state index contributed by atoms with van der Waals surface area (Å²) < 4.78 is 290. The van der Waals surface area contributed by atoms with Crippen LogP contribution in [0.15, 0.2) is 0 Å². The lowest BCUT2D eigenvalue weighted by molar-refractivity contribution is 0.296. The summed E-state index contributed by atoms with van der Waals surface area (Å²) in [4.78, 5) is 0. The second kappa shape index (κ2) is 84.4. The van der Waals surface area contributed by atoms with Gasteiger partial charge in [0.2, 0.25) is 0 Å². The van der Waals surface area contributed by atoms with E-state index in [1.165, 1.54) is 0 Å². The van der Waals surface area contributed by atoms with E-state index in [2.05, 4.69) is 52.4 Å². The first-order valence-electron chi connectivity index (χ1n) is 50.6. The minimum absolute atomic E-state index is 1.65. The standard InChI is InChI=1S/C51H198O46Si47/c1-98(52-99(2)54-101(4)56-103(6)58-105(8)60-107(10)62-109(12)64-111(14)66-113(16)68-115(18)70-117(20)72-119(22)74-121(24)76-123(26)78-125(28)80-127(30)82-129(32)84-131(34)86-133(36)88-135(38)90-137(40)92-139(42)94-141(44)96-143(46,47)48)53-100(3)55-102(5)57-104(7)59-106(9)61-108(11)63-110(13)65-112(15)67-114(17)69-116(19)71-118(21)73-120(23)75-122(25)77-124(27)79-126(29)81-128(31)83-130(33)85-132(35)87-134(37)89-136(39)91-138(41)93-140(43)95-142(45)97-144(49,50)51/h98-142H,1-51H3. The molecule has 0 aromatic heterocycles. The van der Waals surface area contributed by atoms with Crippen molar-refractivity contribution in [2.75, 3.05) is 0 Å². The summed E-state index contributed by atoms with van der Waals surface area (Å²) >= 11 is 0. The third-order valence-corrected chi connectivity index (χ3v) is 161. The van der Waals surface area contributed by atoms with Crippen LogP contribution in [0.3, 0.4) is 0 Å². The Morgan fingerprint density at radius 2 is 0.104 bits per heavy atom. The molecule has 866 valence electrons. The first kappa shape index (κ1) is 152. The fourth-order valence-corrected chi connectivity index (χ4v) is 155. The molecule has 46 nitrogen and oxygen atoms in total. The summed E-state index contributed by atoms with van der Waals surface area (Å²) in [6, 6.07) is 0. The lowest BCUT2D eigenvalue weighted by Crippen LogP contribution is -2.44. The van der Waals surface area contributed by atoms with Gasteiger partial charge in [-0.15, -0.1) is 0 Å². The van der Waals surface area contributed by atoms with Crippen LogP contribution in [-0.2, 0) is 189 Å². The Balaban J connectivity index is 4.59. The van der Waals surface area contributed by atoms with E-state index in [4.69, 9.17) is 189 Å². The van der Waals surface area contributed by atoms with Crippen LogP contribution in [-0.4, -0.2) is 434 Å². The largest absolute Gasteiger partial charge is 0.439 e. The van der Waals surface area contributed by atoms with Crippen molar-refractivity contribution in [1.29, 1.82) is 0 Å². The molecule has 44 atom stereocenters. The van der Waals surface area contributed by atoms with Gasteiger partial charge in [0.25, 0.3) is 418 Å². The van der Waals surface area contributed by atoms with Crippen LogP contribution < -0.4 is 0 Å². The molecule has 0 aromatic rings. The Labute approximate surface area is 947 Å². The second-order valence-electron chi connectivity index (χ2n) is 36.0. The maximum Gasteiger partial charge on any atom is 0.300 e. The highest BCUT2D eigenvalue weighted by molar-refractivity contribution is 6.83. The summed E-state index contributed by atoms with van der Waals surface area (Å²) in [5.41, 5.74) is 0. The van der Waals surface area contributed by atoms with Gasteiger partial charge in [0.05, 0.1) is 0 Å². The SMILES string of the molecule is C[SiH](O[SiH](C)O[SiH](C)O[SiH](C)O[SiH](C)O[SiH](C)O[SiH](C)O[SiH](C)O[SiH](C)O[SiH](C)O[SiH](C)O[SiH](C)O[SiH](C)O[SiH](C)O[SiH](C)O[SiH](C)O[SiH](C)O[SiH](C)O[SiH](C)O[SiH](C)O[SiH](C)O[SiH](C)O[SiH](C)O[Si](C)(C)C)O[SiH](C)O[SiH](C)O[SiH](C)O[SiH](C)O[SiH](C)O[SiH](C)O[SiH](C)O[SiH](C)O[SiH](C)O[SiH](C)O[SiH](C)O[SiH](C)O[SiH](C)O[SiH](C)O[SiH](C)O[SiH](C)O[SiH](C)O[SiH](C)O[SiH](C)O[SiH](C)O[SiH](C)O[SiH](C)O[Si](C)(C)C. The predicted octanol–water partition coefficient (Wildman–Crippen LogP) is -3.32. The molecule has 0 aliphatic heterocycles. The van der Waals surface area contributed by atoms with Gasteiger partial charge in [-0.25, -0.2) is 0 Å². The van der Waals surface area contributed by atoms with Gasteiger partial charge in [-0.2, -0.15) is 0 Å². The minimum Gasteiger partial charge on any atom is -0.439 e. The summed E-state index contributed by atoms with van der Waals surface area (Å²) in [7, 11) is -94.2. The van der Waals surface area contributed by atoms with E-state index in [0.29, 0.717) is 0 Å². The van der Waals surface area contributed by atoms with E-state index >= 15 is 0 Å². The van der Waals surface area contributed by atoms with Crippen LogP contribution in [0.4, 0.5) is 0 Å². The van der Waals surface area contributed by atoms with Crippen molar-refractivity contribution in [3.63, 3.8) is 0 Å². The van der Waals surface area contributed by atoms with Crippen molar-refractivity contribution < 1.29 is 189 Å². The molecule has 0 radical (unpaired) electrons. The molecule has 0 saturated carbocycles. The molecular formula is C51H198O46Si47. The van der Waals surface area contributed by atoms with Crippen LogP contribution in [0.5, 0.6) is 0 Å². The summed E-state index contributed by atoms with van der Waals surface area (Å²) in [5.74, 6) is 0. The zero-order valence-corrected chi connectivity index (χ0v) is 151. The molecule has 0 aromatic carbocycles. The van der Waals surface area contributed by atoms with Gasteiger partial charge in [-0.3, -0.25) is 0 Å². The first-order chi connectivity index (χ1) is 66.4. The highest BCUT2D eigenvalue weighted by Crippen LogP contribution is 2.19. The van der Waals surface area contributed by atoms with Crippen LogP contribution in [0.1, 0.15) is 0 Å². The molecular weight excluding hydrogens is 2670 g/mol. The van der Waals surface area contributed by atoms with Crippen LogP contribution in [0.25, 0.3) is 0 Å².